The van der Waals surface area contributed by atoms with Gasteiger partial charge in [-0.2, -0.15) is 0 Å². The van der Waals surface area contributed by atoms with E-state index in [1.807, 2.05) is 23.1 Å². The fourth-order valence-electron chi connectivity index (χ4n) is 4.11. The molecule has 2 aromatic rings. The first-order chi connectivity index (χ1) is 12.5. The number of nitrogens with zero attached hydrogens (tertiary/aromatic N) is 1. The van der Waals surface area contributed by atoms with Crippen LogP contribution in [0.1, 0.15) is 39.1 Å². The van der Waals surface area contributed by atoms with Crippen molar-refractivity contribution in [3.8, 4) is 0 Å². The van der Waals surface area contributed by atoms with Gasteiger partial charge in [0.15, 0.2) is 0 Å². The Balaban J connectivity index is 1.41. The van der Waals surface area contributed by atoms with Crippen molar-refractivity contribution in [1.29, 1.82) is 0 Å². The molecule has 1 heterocycles. The van der Waals surface area contributed by atoms with Crippen LogP contribution < -0.4 is 5.32 Å². The maximum absolute atomic E-state index is 13.8. The molecular formula is C21H21FN2O2. The van der Waals surface area contributed by atoms with Crippen LogP contribution in [0.4, 0.5) is 4.39 Å². The van der Waals surface area contributed by atoms with Gasteiger partial charge in [-0.25, -0.2) is 4.39 Å². The van der Waals surface area contributed by atoms with E-state index in [9.17, 15) is 14.0 Å². The highest BCUT2D eigenvalue weighted by Crippen LogP contribution is 2.38. The molecule has 1 aliphatic heterocycles. The number of rotatable bonds is 3. The Morgan fingerprint density at radius 3 is 2.50 bits per heavy atom. The zero-order chi connectivity index (χ0) is 18.3. The van der Waals surface area contributed by atoms with E-state index in [0.717, 1.165) is 12.8 Å². The van der Waals surface area contributed by atoms with Crippen molar-refractivity contribution >= 4 is 11.8 Å². The third-order valence-electron chi connectivity index (χ3n) is 5.57. The minimum atomic E-state index is -0.354. The van der Waals surface area contributed by atoms with Gasteiger partial charge in [-0.05, 0) is 55.5 Å². The number of likely N-dealkylation sites (tertiary alicyclic amines) is 1. The maximum Gasteiger partial charge on any atom is 0.254 e. The van der Waals surface area contributed by atoms with Crippen LogP contribution in [0.2, 0.25) is 0 Å². The Labute approximate surface area is 152 Å². The first-order valence-corrected chi connectivity index (χ1v) is 8.96. The zero-order valence-electron chi connectivity index (χ0n) is 14.6. The third kappa shape index (κ3) is 2.98. The third-order valence-corrected chi connectivity index (χ3v) is 5.57. The van der Waals surface area contributed by atoms with Crippen molar-refractivity contribution in [3.05, 3.63) is 71.0 Å². The molecule has 1 saturated carbocycles. The number of aryl methyl sites for hydroxylation is 1. The summed E-state index contributed by atoms with van der Waals surface area (Å²) in [4.78, 5) is 26.9. The van der Waals surface area contributed by atoms with Crippen LogP contribution >= 0.6 is 0 Å². The molecular weight excluding hydrogens is 331 g/mol. The maximum atomic E-state index is 13.8. The smallest absolute Gasteiger partial charge is 0.254 e. The summed E-state index contributed by atoms with van der Waals surface area (Å²) in [5.74, 6) is -0.286. The van der Waals surface area contributed by atoms with E-state index in [2.05, 4.69) is 5.32 Å². The number of carbonyl (C=O) groups excluding carboxylic acids is 2. The van der Waals surface area contributed by atoms with Crippen molar-refractivity contribution in [1.82, 2.24) is 10.2 Å². The van der Waals surface area contributed by atoms with Crippen LogP contribution in [-0.2, 0) is 0 Å². The van der Waals surface area contributed by atoms with E-state index in [4.69, 9.17) is 0 Å². The molecule has 1 aliphatic carbocycles. The quantitative estimate of drug-likeness (QED) is 0.922. The second-order valence-electron chi connectivity index (χ2n) is 7.25. The van der Waals surface area contributed by atoms with Crippen LogP contribution in [0.25, 0.3) is 0 Å². The molecule has 4 rings (SSSR count). The summed E-state index contributed by atoms with van der Waals surface area (Å²) in [5.41, 5.74) is 1.58. The van der Waals surface area contributed by atoms with E-state index < -0.39 is 0 Å². The average molecular weight is 352 g/mol. The van der Waals surface area contributed by atoms with Crippen LogP contribution in [0.5, 0.6) is 0 Å². The van der Waals surface area contributed by atoms with Gasteiger partial charge >= 0.3 is 0 Å². The van der Waals surface area contributed by atoms with Crippen LogP contribution in [0, 0.1) is 18.7 Å². The van der Waals surface area contributed by atoms with Crippen molar-refractivity contribution in [2.75, 3.05) is 6.54 Å². The monoisotopic (exact) mass is 352 g/mol. The first-order valence-electron chi connectivity index (χ1n) is 8.96. The lowest BCUT2D eigenvalue weighted by atomic mass is 10.0. The highest BCUT2D eigenvalue weighted by molar-refractivity contribution is 5.95. The lowest BCUT2D eigenvalue weighted by Crippen LogP contribution is -2.47. The SMILES string of the molecule is Cc1ccc(C(=O)N2CC3CC2CC3NC(=O)c2ccccc2)cc1F. The summed E-state index contributed by atoms with van der Waals surface area (Å²) in [6.07, 6.45) is 1.64. The summed E-state index contributed by atoms with van der Waals surface area (Å²) in [7, 11) is 0. The molecule has 3 atom stereocenters. The van der Waals surface area contributed by atoms with Crippen LogP contribution in [0.15, 0.2) is 48.5 Å². The molecule has 5 heteroatoms. The fraction of sp³-hybridized carbons (Fsp3) is 0.333. The predicted molar refractivity (Wildman–Crippen MR) is 96.4 cm³/mol. The highest BCUT2D eigenvalue weighted by Gasteiger charge is 2.47. The van der Waals surface area contributed by atoms with Crippen molar-refractivity contribution < 1.29 is 14.0 Å². The van der Waals surface area contributed by atoms with E-state index in [1.54, 1.807) is 31.2 Å². The summed E-state index contributed by atoms with van der Waals surface area (Å²) in [6, 6.07) is 14.0. The van der Waals surface area contributed by atoms with Gasteiger partial charge in [0.2, 0.25) is 0 Å². The normalized spacial score (nSPS) is 23.9. The van der Waals surface area contributed by atoms with Gasteiger partial charge in [-0.3, -0.25) is 9.59 Å². The number of hydrogen-bond donors (Lipinski definition) is 1. The number of halogens is 1. The Hall–Kier alpha value is -2.69. The molecule has 0 spiro atoms. The molecule has 2 bridgehead atoms. The number of nitrogens with one attached hydrogen (secondary N) is 1. The number of fused-ring (bicyclic) bond motifs is 2. The Morgan fingerprint density at radius 2 is 1.85 bits per heavy atom. The molecule has 0 radical (unpaired) electrons. The minimum Gasteiger partial charge on any atom is -0.349 e. The van der Waals surface area contributed by atoms with E-state index in [1.165, 1.54) is 6.07 Å². The van der Waals surface area contributed by atoms with Gasteiger partial charge < -0.3 is 10.2 Å². The summed E-state index contributed by atoms with van der Waals surface area (Å²) in [6.45, 7) is 2.29. The first kappa shape index (κ1) is 16.8. The molecule has 26 heavy (non-hydrogen) atoms. The Morgan fingerprint density at radius 1 is 1.08 bits per heavy atom. The molecule has 2 fully saturated rings. The van der Waals surface area contributed by atoms with Gasteiger partial charge in [0.25, 0.3) is 11.8 Å². The Bertz CT molecular complexity index is 852. The molecule has 1 N–H and O–H groups in total. The van der Waals surface area contributed by atoms with Gasteiger partial charge in [-0.1, -0.05) is 24.3 Å². The molecule has 3 unspecified atom stereocenters. The summed E-state index contributed by atoms with van der Waals surface area (Å²) >= 11 is 0. The summed E-state index contributed by atoms with van der Waals surface area (Å²) in [5, 5.41) is 3.11. The topological polar surface area (TPSA) is 49.4 Å². The number of piperidine rings is 1. The molecule has 2 aliphatic rings. The molecule has 4 nitrogen and oxygen atoms in total. The largest absolute Gasteiger partial charge is 0.349 e. The van der Waals surface area contributed by atoms with Crippen LogP contribution in [0.3, 0.4) is 0 Å². The van der Waals surface area contributed by atoms with Crippen molar-refractivity contribution in [2.24, 2.45) is 5.92 Å². The lowest BCUT2D eigenvalue weighted by molar-refractivity contribution is 0.0679. The summed E-state index contributed by atoms with van der Waals surface area (Å²) < 4.78 is 13.8. The van der Waals surface area contributed by atoms with Gasteiger partial charge in [0, 0.05) is 29.8 Å². The van der Waals surface area contributed by atoms with E-state index in [0.29, 0.717) is 23.2 Å². The number of carbonyl (C=O) groups is 2. The zero-order valence-corrected chi connectivity index (χ0v) is 14.6. The number of hydrogen-bond acceptors (Lipinski definition) is 2. The van der Waals surface area contributed by atoms with Gasteiger partial charge in [0.1, 0.15) is 5.82 Å². The molecule has 134 valence electrons. The second kappa shape index (κ2) is 6.56. The van der Waals surface area contributed by atoms with Crippen molar-refractivity contribution in [2.45, 2.75) is 31.8 Å². The number of amides is 2. The Kier molecular flexibility index (Phi) is 4.23. The molecule has 0 aromatic heterocycles. The highest BCUT2D eigenvalue weighted by atomic mass is 19.1. The van der Waals surface area contributed by atoms with E-state index >= 15 is 0 Å². The van der Waals surface area contributed by atoms with Gasteiger partial charge in [-0.15, -0.1) is 0 Å². The van der Waals surface area contributed by atoms with Gasteiger partial charge in [0.05, 0.1) is 0 Å². The molecule has 2 amide bonds. The van der Waals surface area contributed by atoms with Crippen LogP contribution in [-0.4, -0.2) is 35.3 Å². The molecule has 1 saturated heterocycles. The standard InChI is InChI=1S/C21H21FN2O2/c1-13-7-8-15(10-18(13)22)21(26)24-12-16-9-17(24)11-19(16)23-20(25)14-5-3-2-4-6-14/h2-8,10,16-17,19H,9,11-12H2,1H3,(H,23,25). The average Bonchev–Trinajstić information content (AvgIpc) is 3.24. The van der Waals surface area contributed by atoms with E-state index in [-0.39, 0.29) is 35.6 Å². The predicted octanol–water partition coefficient (Wildman–Crippen LogP) is 3.17. The minimum absolute atomic E-state index is 0.0679. The molecule has 2 aromatic carbocycles. The second-order valence-corrected chi connectivity index (χ2v) is 7.25. The fourth-order valence-corrected chi connectivity index (χ4v) is 4.11. The van der Waals surface area contributed by atoms with Crippen molar-refractivity contribution in [3.63, 3.8) is 0 Å². The number of benzene rings is 2. The lowest BCUT2D eigenvalue weighted by Gasteiger charge is -2.32.